The molecule has 0 amide bonds. The van der Waals surface area contributed by atoms with Crippen molar-refractivity contribution in [3.8, 4) is 5.75 Å². The van der Waals surface area contributed by atoms with Crippen LogP contribution >= 0.6 is 11.3 Å². The molecule has 5 nitrogen and oxygen atoms in total. The normalized spacial score (nSPS) is 10.3. The summed E-state index contributed by atoms with van der Waals surface area (Å²) in [6.45, 7) is 1.61. The Morgan fingerprint density at radius 3 is 2.79 bits per heavy atom. The Hall–Kier alpha value is -2.15. The molecule has 2 aromatic rings. The smallest absolute Gasteiger partial charge is 0.347 e. The predicted octanol–water partition coefficient (Wildman–Crippen LogP) is 3.04. The van der Waals surface area contributed by atoms with E-state index >= 15 is 0 Å². The molecular weight excluding hydrogens is 271 g/mol. The highest BCUT2D eigenvalue weighted by atomic mass is 32.1. The number of aromatic carboxylic acids is 1. The fraction of sp³-hybridized carbons (Fsp3) is 0.167. The minimum absolute atomic E-state index is 0.145. The van der Waals surface area contributed by atoms with E-state index in [1.165, 1.54) is 19.2 Å². The van der Waals surface area contributed by atoms with Crippen LogP contribution in [0.4, 0.5) is 15.2 Å². The SMILES string of the molecule is COc1ccc(Nc2nc(C)c(C(=O)O)s2)cc1F. The lowest BCUT2D eigenvalue weighted by Crippen LogP contribution is -1.94. The van der Waals surface area contributed by atoms with Crippen LogP contribution in [0.3, 0.4) is 0 Å². The van der Waals surface area contributed by atoms with Crippen molar-refractivity contribution in [2.24, 2.45) is 0 Å². The van der Waals surface area contributed by atoms with Gasteiger partial charge in [0.25, 0.3) is 0 Å². The van der Waals surface area contributed by atoms with E-state index in [-0.39, 0.29) is 10.6 Å². The summed E-state index contributed by atoms with van der Waals surface area (Å²) in [5.74, 6) is -1.38. The molecule has 100 valence electrons. The van der Waals surface area contributed by atoms with Crippen LogP contribution in [0, 0.1) is 12.7 Å². The van der Waals surface area contributed by atoms with Crippen LogP contribution in [0.15, 0.2) is 18.2 Å². The van der Waals surface area contributed by atoms with E-state index in [9.17, 15) is 9.18 Å². The van der Waals surface area contributed by atoms with Crippen molar-refractivity contribution in [3.05, 3.63) is 34.6 Å². The van der Waals surface area contributed by atoms with Crippen LogP contribution < -0.4 is 10.1 Å². The summed E-state index contributed by atoms with van der Waals surface area (Å²) in [6.07, 6.45) is 0. The monoisotopic (exact) mass is 282 g/mol. The molecule has 0 spiro atoms. The van der Waals surface area contributed by atoms with E-state index in [2.05, 4.69) is 10.3 Å². The number of carboxylic acid groups (broad SMARTS) is 1. The number of ether oxygens (including phenoxy) is 1. The number of nitrogens with one attached hydrogen (secondary N) is 1. The number of aromatic nitrogens is 1. The van der Waals surface area contributed by atoms with Gasteiger partial charge in [0.1, 0.15) is 4.88 Å². The van der Waals surface area contributed by atoms with Crippen molar-refractivity contribution in [2.45, 2.75) is 6.92 Å². The second-order valence-electron chi connectivity index (χ2n) is 3.71. The Morgan fingerprint density at radius 1 is 1.53 bits per heavy atom. The molecule has 0 radical (unpaired) electrons. The fourth-order valence-corrected chi connectivity index (χ4v) is 2.34. The minimum atomic E-state index is -1.02. The molecule has 0 saturated carbocycles. The average Bonchev–Trinajstić information content (AvgIpc) is 2.70. The second-order valence-corrected chi connectivity index (χ2v) is 4.71. The molecule has 0 atom stereocenters. The molecule has 0 bridgehead atoms. The number of halogens is 1. The molecular formula is C12H11FN2O3S. The number of anilines is 2. The number of rotatable bonds is 4. The number of aryl methyl sites for hydroxylation is 1. The average molecular weight is 282 g/mol. The lowest BCUT2D eigenvalue weighted by atomic mass is 10.3. The first-order chi connectivity index (χ1) is 9.01. The Labute approximate surface area is 112 Å². The van der Waals surface area contributed by atoms with E-state index in [1.54, 1.807) is 13.0 Å². The molecule has 1 heterocycles. The van der Waals surface area contributed by atoms with Gasteiger partial charge in [0, 0.05) is 11.8 Å². The third-order valence-electron chi connectivity index (χ3n) is 2.39. The fourth-order valence-electron chi connectivity index (χ4n) is 1.52. The van der Waals surface area contributed by atoms with Crippen LogP contribution in [0.2, 0.25) is 0 Å². The van der Waals surface area contributed by atoms with Crippen molar-refractivity contribution in [3.63, 3.8) is 0 Å². The molecule has 0 aliphatic carbocycles. The zero-order valence-corrected chi connectivity index (χ0v) is 11.0. The molecule has 2 N–H and O–H groups in total. The summed E-state index contributed by atoms with van der Waals surface area (Å²) in [5.41, 5.74) is 0.901. The zero-order chi connectivity index (χ0) is 14.0. The zero-order valence-electron chi connectivity index (χ0n) is 10.2. The van der Waals surface area contributed by atoms with Crippen molar-refractivity contribution in [1.29, 1.82) is 0 Å². The first-order valence-corrected chi connectivity index (χ1v) is 6.14. The van der Waals surface area contributed by atoms with E-state index in [4.69, 9.17) is 9.84 Å². The number of hydrogen-bond donors (Lipinski definition) is 2. The standard InChI is InChI=1S/C12H11FN2O3S/c1-6-10(11(16)17)19-12(14-6)15-7-3-4-9(18-2)8(13)5-7/h3-5H,1-2H3,(H,14,15)(H,16,17). The third-order valence-corrected chi connectivity index (χ3v) is 3.45. The maximum Gasteiger partial charge on any atom is 0.347 e. The third kappa shape index (κ3) is 2.82. The summed E-state index contributed by atoms with van der Waals surface area (Å²) in [4.78, 5) is 15.1. The number of thiazole rings is 1. The van der Waals surface area contributed by atoms with Gasteiger partial charge in [0.15, 0.2) is 16.7 Å². The van der Waals surface area contributed by atoms with Gasteiger partial charge in [-0.3, -0.25) is 0 Å². The van der Waals surface area contributed by atoms with E-state index < -0.39 is 11.8 Å². The number of nitrogens with zero attached hydrogens (tertiary/aromatic N) is 1. The molecule has 0 aliphatic rings. The summed E-state index contributed by atoms with van der Waals surface area (Å²) in [5, 5.41) is 12.2. The number of benzene rings is 1. The van der Waals surface area contributed by atoms with E-state index in [0.717, 1.165) is 11.3 Å². The lowest BCUT2D eigenvalue weighted by Gasteiger charge is -2.05. The quantitative estimate of drug-likeness (QED) is 0.901. The summed E-state index contributed by atoms with van der Waals surface area (Å²) >= 11 is 1.00. The first-order valence-electron chi connectivity index (χ1n) is 5.32. The Balaban J connectivity index is 2.24. The first kappa shape index (κ1) is 13.3. The summed E-state index contributed by atoms with van der Waals surface area (Å²) in [6, 6.07) is 4.37. The van der Waals surface area contributed by atoms with Gasteiger partial charge < -0.3 is 15.2 Å². The molecule has 1 aromatic heterocycles. The van der Waals surface area contributed by atoms with Crippen molar-refractivity contribution >= 4 is 28.1 Å². The Morgan fingerprint density at radius 2 is 2.26 bits per heavy atom. The van der Waals surface area contributed by atoms with E-state index in [0.29, 0.717) is 16.5 Å². The van der Waals surface area contributed by atoms with Crippen LogP contribution in [0.1, 0.15) is 15.4 Å². The predicted molar refractivity (Wildman–Crippen MR) is 70.0 cm³/mol. The molecule has 1 aromatic carbocycles. The van der Waals surface area contributed by atoms with Gasteiger partial charge in [-0.15, -0.1) is 0 Å². The van der Waals surface area contributed by atoms with Gasteiger partial charge in [-0.1, -0.05) is 11.3 Å². The molecule has 0 saturated heterocycles. The minimum Gasteiger partial charge on any atom is -0.494 e. The number of hydrogen-bond acceptors (Lipinski definition) is 5. The van der Waals surface area contributed by atoms with Gasteiger partial charge in [0.05, 0.1) is 12.8 Å². The van der Waals surface area contributed by atoms with Gasteiger partial charge in [-0.2, -0.15) is 0 Å². The van der Waals surface area contributed by atoms with Crippen molar-refractivity contribution < 1.29 is 19.0 Å². The Kier molecular flexibility index (Phi) is 3.66. The Bertz CT molecular complexity index is 627. The highest BCUT2D eigenvalue weighted by Crippen LogP contribution is 2.27. The van der Waals surface area contributed by atoms with Gasteiger partial charge in [-0.25, -0.2) is 14.2 Å². The largest absolute Gasteiger partial charge is 0.494 e. The molecule has 0 fully saturated rings. The topological polar surface area (TPSA) is 71.5 Å². The summed E-state index contributed by atoms with van der Waals surface area (Å²) in [7, 11) is 1.38. The van der Waals surface area contributed by atoms with Crippen LogP contribution in [0.5, 0.6) is 5.75 Å². The maximum atomic E-state index is 13.5. The number of carboxylic acids is 1. The molecule has 0 aliphatic heterocycles. The van der Waals surface area contributed by atoms with Gasteiger partial charge >= 0.3 is 5.97 Å². The van der Waals surface area contributed by atoms with Crippen molar-refractivity contribution in [2.75, 3.05) is 12.4 Å². The van der Waals surface area contributed by atoms with Crippen molar-refractivity contribution in [1.82, 2.24) is 4.98 Å². The van der Waals surface area contributed by atoms with Crippen LogP contribution in [-0.2, 0) is 0 Å². The van der Waals surface area contributed by atoms with E-state index in [1.807, 2.05) is 0 Å². The lowest BCUT2D eigenvalue weighted by molar-refractivity contribution is 0.0701. The number of carbonyl (C=O) groups is 1. The number of methoxy groups -OCH3 is 1. The van der Waals surface area contributed by atoms with Crippen LogP contribution in [0.25, 0.3) is 0 Å². The molecule has 0 unspecified atom stereocenters. The van der Waals surface area contributed by atoms with Gasteiger partial charge in [0.2, 0.25) is 0 Å². The highest BCUT2D eigenvalue weighted by molar-refractivity contribution is 7.17. The van der Waals surface area contributed by atoms with Gasteiger partial charge in [-0.05, 0) is 19.1 Å². The van der Waals surface area contributed by atoms with Crippen LogP contribution in [-0.4, -0.2) is 23.2 Å². The maximum absolute atomic E-state index is 13.5. The molecule has 7 heteroatoms. The molecule has 2 rings (SSSR count). The summed E-state index contributed by atoms with van der Waals surface area (Å²) < 4.78 is 18.3. The molecule has 19 heavy (non-hydrogen) atoms. The second kappa shape index (κ2) is 5.23. The highest BCUT2D eigenvalue weighted by Gasteiger charge is 2.14.